The van der Waals surface area contributed by atoms with Crippen molar-refractivity contribution >= 4 is 17.4 Å². The Morgan fingerprint density at radius 2 is 2.25 bits per heavy atom. The van der Waals surface area contributed by atoms with Gasteiger partial charge in [-0.05, 0) is 12.1 Å². The highest BCUT2D eigenvalue weighted by Gasteiger charge is 2.18. The minimum absolute atomic E-state index is 0.0332. The number of hydrogen-bond donors (Lipinski definition) is 1. The molecule has 0 saturated heterocycles. The molecule has 0 saturated carbocycles. The molecule has 0 unspecified atom stereocenters. The molecule has 1 aliphatic heterocycles. The van der Waals surface area contributed by atoms with Gasteiger partial charge in [-0.3, -0.25) is 4.99 Å². The van der Waals surface area contributed by atoms with Crippen LogP contribution in [0.1, 0.15) is 5.56 Å². The Kier molecular flexibility index (Phi) is 2.92. The number of amidine groups is 1. The van der Waals surface area contributed by atoms with Gasteiger partial charge in [-0.1, -0.05) is 11.6 Å². The summed E-state index contributed by atoms with van der Waals surface area (Å²) < 4.78 is 5.05. The van der Waals surface area contributed by atoms with Crippen LogP contribution in [0.4, 0.5) is 0 Å². The van der Waals surface area contributed by atoms with E-state index in [9.17, 15) is 5.11 Å². The summed E-state index contributed by atoms with van der Waals surface area (Å²) in [7, 11) is 3.47. The van der Waals surface area contributed by atoms with Gasteiger partial charge in [-0.2, -0.15) is 0 Å². The lowest BCUT2D eigenvalue weighted by Gasteiger charge is -2.15. The van der Waals surface area contributed by atoms with Crippen molar-refractivity contribution in [1.82, 2.24) is 4.90 Å². The van der Waals surface area contributed by atoms with Crippen LogP contribution in [-0.2, 0) is 0 Å². The molecule has 5 heteroatoms. The summed E-state index contributed by atoms with van der Waals surface area (Å²) in [6.45, 7) is 1.68. The highest BCUT2D eigenvalue weighted by Crippen LogP contribution is 2.35. The molecule has 0 amide bonds. The van der Waals surface area contributed by atoms with E-state index in [0.29, 0.717) is 5.75 Å². The zero-order valence-electron chi connectivity index (χ0n) is 9.20. The maximum absolute atomic E-state index is 9.62. The molecule has 1 aliphatic rings. The summed E-state index contributed by atoms with van der Waals surface area (Å²) in [5.74, 6) is 1.21. The number of halogens is 1. The lowest BCUT2D eigenvalue weighted by molar-refractivity contribution is 0.373. The first kappa shape index (κ1) is 11.1. The van der Waals surface area contributed by atoms with Crippen LogP contribution >= 0.6 is 11.6 Å². The number of aromatic hydroxyl groups is 1. The van der Waals surface area contributed by atoms with Crippen molar-refractivity contribution in [3.05, 3.63) is 22.7 Å². The Hall–Kier alpha value is -1.42. The van der Waals surface area contributed by atoms with Crippen LogP contribution in [0.15, 0.2) is 17.1 Å². The molecule has 1 heterocycles. The average Bonchev–Trinajstić information content (AvgIpc) is 2.68. The molecule has 0 spiro atoms. The summed E-state index contributed by atoms with van der Waals surface area (Å²) >= 11 is 5.92. The fraction of sp³-hybridized carbons (Fsp3) is 0.364. The van der Waals surface area contributed by atoms with Crippen molar-refractivity contribution in [1.29, 1.82) is 0 Å². The number of rotatable bonds is 2. The lowest BCUT2D eigenvalue weighted by atomic mass is 10.1. The van der Waals surface area contributed by atoms with Crippen molar-refractivity contribution in [2.24, 2.45) is 4.99 Å². The minimum atomic E-state index is -0.0332. The highest BCUT2D eigenvalue weighted by atomic mass is 35.5. The van der Waals surface area contributed by atoms with Gasteiger partial charge in [0.05, 0.1) is 18.7 Å². The van der Waals surface area contributed by atoms with Crippen LogP contribution in [0.3, 0.4) is 0 Å². The van der Waals surface area contributed by atoms with E-state index in [4.69, 9.17) is 16.3 Å². The average molecular weight is 241 g/mol. The van der Waals surface area contributed by atoms with Crippen LogP contribution in [0, 0.1) is 0 Å². The Morgan fingerprint density at radius 1 is 1.50 bits per heavy atom. The third kappa shape index (κ3) is 1.80. The summed E-state index contributed by atoms with van der Waals surface area (Å²) in [5.41, 5.74) is 0.861. The second kappa shape index (κ2) is 4.22. The Balaban J connectivity index is 2.46. The standard InChI is InChI=1S/C11H13ClN2O2/c1-14-4-3-13-11(14)7-5-8(12)10(15)9(6-7)16-2/h5-6,15H,3-4H2,1-2H3. The zero-order chi connectivity index (χ0) is 11.7. The van der Waals surface area contributed by atoms with Crippen LogP contribution in [0.2, 0.25) is 5.02 Å². The second-order valence-corrected chi connectivity index (χ2v) is 4.04. The van der Waals surface area contributed by atoms with Gasteiger partial charge in [0.15, 0.2) is 11.5 Å². The third-order valence-electron chi connectivity index (χ3n) is 2.57. The first-order valence-electron chi connectivity index (χ1n) is 4.96. The second-order valence-electron chi connectivity index (χ2n) is 3.64. The Morgan fingerprint density at radius 3 is 2.81 bits per heavy atom. The van der Waals surface area contributed by atoms with E-state index in [-0.39, 0.29) is 10.8 Å². The summed E-state index contributed by atoms with van der Waals surface area (Å²) in [4.78, 5) is 6.42. The molecule has 0 aromatic heterocycles. The molecule has 2 rings (SSSR count). The quantitative estimate of drug-likeness (QED) is 0.857. The van der Waals surface area contributed by atoms with Gasteiger partial charge in [0.1, 0.15) is 5.84 Å². The molecule has 4 nitrogen and oxygen atoms in total. The van der Waals surface area contributed by atoms with Crippen LogP contribution in [0.5, 0.6) is 11.5 Å². The van der Waals surface area contributed by atoms with E-state index in [2.05, 4.69) is 4.99 Å². The predicted molar refractivity (Wildman–Crippen MR) is 63.7 cm³/mol. The van der Waals surface area contributed by atoms with E-state index in [0.717, 1.165) is 24.5 Å². The van der Waals surface area contributed by atoms with Gasteiger partial charge in [0.2, 0.25) is 0 Å². The molecule has 16 heavy (non-hydrogen) atoms. The van der Waals surface area contributed by atoms with Gasteiger partial charge in [0, 0.05) is 19.2 Å². The summed E-state index contributed by atoms with van der Waals surface area (Å²) in [6.07, 6.45) is 0. The van der Waals surface area contributed by atoms with E-state index >= 15 is 0 Å². The molecule has 1 aromatic carbocycles. The molecule has 0 bridgehead atoms. The van der Waals surface area contributed by atoms with Crippen LogP contribution in [0.25, 0.3) is 0 Å². The van der Waals surface area contributed by atoms with Crippen molar-refractivity contribution < 1.29 is 9.84 Å². The van der Waals surface area contributed by atoms with Gasteiger partial charge in [-0.25, -0.2) is 0 Å². The van der Waals surface area contributed by atoms with E-state index in [1.165, 1.54) is 7.11 Å². The van der Waals surface area contributed by atoms with Crippen LogP contribution in [-0.4, -0.2) is 43.1 Å². The molecule has 0 radical (unpaired) electrons. The molecule has 86 valence electrons. The minimum Gasteiger partial charge on any atom is -0.503 e. The van der Waals surface area contributed by atoms with E-state index < -0.39 is 0 Å². The number of likely N-dealkylation sites (N-methyl/N-ethyl adjacent to an activating group) is 1. The maximum Gasteiger partial charge on any atom is 0.176 e. The number of methoxy groups -OCH3 is 1. The number of aliphatic imine (C=N–C) groups is 1. The maximum atomic E-state index is 9.62. The fourth-order valence-electron chi connectivity index (χ4n) is 1.70. The molecule has 1 aromatic rings. The SMILES string of the molecule is COc1cc(C2=NCCN2C)cc(Cl)c1O. The van der Waals surface area contributed by atoms with Crippen molar-refractivity contribution in [2.75, 3.05) is 27.2 Å². The lowest BCUT2D eigenvalue weighted by Crippen LogP contribution is -2.23. The predicted octanol–water partition coefficient (Wildman–Crippen LogP) is 1.75. The normalized spacial score (nSPS) is 15.2. The number of phenols is 1. The number of benzene rings is 1. The van der Waals surface area contributed by atoms with Gasteiger partial charge in [0.25, 0.3) is 0 Å². The zero-order valence-corrected chi connectivity index (χ0v) is 9.95. The van der Waals surface area contributed by atoms with Crippen molar-refractivity contribution in [3.63, 3.8) is 0 Å². The molecule has 0 aliphatic carbocycles. The first-order chi connectivity index (χ1) is 7.63. The highest BCUT2D eigenvalue weighted by molar-refractivity contribution is 6.32. The number of ether oxygens (including phenoxy) is 1. The largest absolute Gasteiger partial charge is 0.503 e. The van der Waals surface area contributed by atoms with Crippen molar-refractivity contribution in [3.8, 4) is 11.5 Å². The number of hydrogen-bond acceptors (Lipinski definition) is 4. The first-order valence-corrected chi connectivity index (χ1v) is 5.33. The fourth-order valence-corrected chi connectivity index (χ4v) is 1.91. The van der Waals surface area contributed by atoms with Gasteiger partial charge in [-0.15, -0.1) is 0 Å². The molecular formula is C11H13ClN2O2. The summed E-state index contributed by atoms with van der Waals surface area (Å²) in [5, 5.41) is 9.90. The molecule has 0 atom stereocenters. The smallest absolute Gasteiger partial charge is 0.176 e. The van der Waals surface area contributed by atoms with E-state index in [1.54, 1.807) is 12.1 Å². The topological polar surface area (TPSA) is 45.1 Å². The van der Waals surface area contributed by atoms with E-state index in [1.807, 2.05) is 11.9 Å². The summed E-state index contributed by atoms with van der Waals surface area (Å²) in [6, 6.07) is 3.43. The monoisotopic (exact) mass is 240 g/mol. The molecule has 1 N–H and O–H groups in total. The Labute approximate surface area is 99.1 Å². The van der Waals surface area contributed by atoms with Gasteiger partial charge >= 0.3 is 0 Å². The van der Waals surface area contributed by atoms with Crippen molar-refractivity contribution in [2.45, 2.75) is 0 Å². The Bertz CT molecular complexity index is 446. The third-order valence-corrected chi connectivity index (χ3v) is 2.85. The van der Waals surface area contributed by atoms with Crippen LogP contribution < -0.4 is 4.74 Å². The molecular weight excluding hydrogens is 228 g/mol. The molecule has 0 fully saturated rings. The number of nitrogens with zero attached hydrogens (tertiary/aromatic N) is 2. The van der Waals surface area contributed by atoms with Gasteiger partial charge < -0.3 is 14.7 Å². The number of phenolic OH excluding ortho intramolecular Hbond substituents is 1.